The van der Waals surface area contributed by atoms with Gasteiger partial charge in [-0.2, -0.15) is 0 Å². The summed E-state index contributed by atoms with van der Waals surface area (Å²) in [5.41, 5.74) is 0. The summed E-state index contributed by atoms with van der Waals surface area (Å²) in [5, 5.41) is 1.99. The predicted molar refractivity (Wildman–Crippen MR) is 129 cm³/mol. The first-order chi connectivity index (χ1) is 16.7. The van der Waals surface area contributed by atoms with Crippen LogP contribution >= 0.6 is 0 Å². The van der Waals surface area contributed by atoms with Crippen LogP contribution in [0.2, 0.25) is 0 Å². The van der Waals surface area contributed by atoms with E-state index in [1.165, 1.54) is 0 Å². The van der Waals surface area contributed by atoms with E-state index in [4.69, 9.17) is 28.4 Å². The normalized spacial score (nSPS) is 11.6. The number of rotatable bonds is 15. The van der Waals surface area contributed by atoms with Crippen molar-refractivity contribution < 1.29 is 33.2 Å². The van der Waals surface area contributed by atoms with E-state index >= 15 is 0 Å². The molecule has 0 saturated heterocycles. The Labute approximate surface area is 199 Å². The Morgan fingerprint density at radius 1 is 0.824 bits per heavy atom. The first-order valence-corrected chi connectivity index (χ1v) is 11.1. The molecule has 0 heterocycles. The molecule has 0 fully saturated rings. The molecule has 0 spiro atoms. The lowest BCUT2D eigenvalue weighted by Crippen LogP contribution is -2.19. The number of benzene rings is 3. The molecule has 0 aromatic heterocycles. The van der Waals surface area contributed by atoms with Crippen LogP contribution in [0.1, 0.15) is 6.92 Å². The lowest BCUT2D eigenvalue weighted by Gasteiger charge is -2.18. The van der Waals surface area contributed by atoms with Gasteiger partial charge < -0.3 is 28.4 Å². The highest BCUT2D eigenvalue weighted by Gasteiger charge is 2.09. The minimum absolute atomic E-state index is 0.196. The monoisotopic (exact) mass is 466 g/mol. The minimum Gasteiger partial charge on any atom is -0.491 e. The lowest BCUT2D eigenvalue weighted by molar-refractivity contribution is -0.139. The van der Waals surface area contributed by atoms with Crippen LogP contribution in [0.5, 0.6) is 17.2 Å². The third kappa shape index (κ3) is 8.42. The molecule has 0 aliphatic heterocycles. The number of fused-ring (bicyclic) bond motifs is 1. The fourth-order valence-corrected chi connectivity index (χ4v) is 3.12. The summed E-state index contributed by atoms with van der Waals surface area (Å²) in [6, 6.07) is 21.3. The second-order valence-electron chi connectivity index (χ2n) is 7.20. The second-order valence-corrected chi connectivity index (χ2v) is 7.20. The van der Waals surface area contributed by atoms with Crippen molar-refractivity contribution in [3.8, 4) is 17.2 Å². The molecule has 0 bridgehead atoms. The summed E-state index contributed by atoms with van der Waals surface area (Å²) >= 11 is 0. The molecule has 180 valence electrons. The number of carbonyl (C=O) groups excluding carboxylic acids is 1. The predicted octanol–water partition coefficient (Wildman–Crippen LogP) is 4.78. The fraction of sp³-hybridized carbons (Fsp3) is 0.296. The van der Waals surface area contributed by atoms with Gasteiger partial charge >= 0.3 is 5.97 Å². The van der Waals surface area contributed by atoms with Crippen molar-refractivity contribution in [1.82, 2.24) is 0 Å². The van der Waals surface area contributed by atoms with Crippen molar-refractivity contribution in [2.45, 2.75) is 13.2 Å². The summed E-state index contributed by atoms with van der Waals surface area (Å²) in [6.07, 6.45) is 0.681. The van der Waals surface area contributed by atoms with Crippen LogP contribution in [0.25, 0.3) is 10.8 Å². The average molecular weight is 467 g/mol. The Morgan fingerprint density at radius 3 is 2.32 bits per heavy atom. The third-order valence-corrected chi connectivity index (χ3v) is 4.66. The number of hydrogen-bond donors (Lipinski definition) is 0. The van der Waals surface area contributed by atoms with Gasteiger partial charge in [-0.1, -0.05) is 36.9 Å². The number of hydrogen-bond acceptors (Lipinski definition) is 7. The van der Waals surface area contributed by atoms with E-state index in [-0.39, 0.29) is 6.61 Å². The Morgan fingerprint density at radius 2 is 1.56 bits per heavy atom. The van der Waals surface area contributed by atoms with E-state index in [1.807, 2.05) is 73.7 Å². The highest BCUT2D eigenvalue weighted by Crippen LogP contribution is 2.29. The summed E-state index contributed by atoms with van der Waals surface area (Å²) < 4.78 is 33.3. The fourth-order valence-electron chi connectivity index (χ4n) is 3.12. The smallest absolute Gasteiger partial charge is 0.330 e. The van der Waals surface area contributed by atoms with E-state index in [0.717, 1.165) is 34.1 Å². The number of esters is 1. The lowest BCUT2D eigenvalue weighted by atomic mass is 10.1. The van der Waals surface area contributed by atoms with Gasteiger partial charge in [0.2, 0.25) is 6.29 Å². The van der Waals surface area contributed by atoms with Crippen LogP contribution < -0.4 is 14.2 Å². The average Bonchev–Trinajstić information content (AvgIpc) is 2.85. The molecule has 1 atom stereocenters. The van der Waals surface area contributed by atoms with E-state index in [1.54, 1.807) is 0 Å². The zero-order chi connectivity index (χ0) is 24.0. The molecule has 0 aliphatic rings. The zero-order valence-corrected chi connectivity index (χ0v) is 19.3. The molecule has 7 nitrogen and oxygen atoms in total. The van der Waals surface area contributed by atoms with Gasteiger partial charge in [0.05, 0.1) is 26.4 Å². The summed E-state index contributed by atoms with van der Waals surface area (Å²) in [5.74, 6) is 1.80. The van der Waals surface area contributed by atoms with Crippen molar-refractivity contribution in [3.63, 3.8) is 0 Å². The molecule has 1 unspecified atom stereocenters. The summed E-state index contributed by atoms with van der Waals surface area (Å²) in [7, 11) is 0. The topological polar surface area (TPSA) is 72.5 Å². The SMILES string of the molecule is C=CC(=O)OCCOCCOCCOc1ccc2c(OC(C)Oc3ccccc3)cccc2c1. The van der Waals surface area contributed by atoms with Gasteiger partial charge in [0, 0.05) is 18.4 Å². The molecule has 3 aromatic carbocycles. The zero-order valence-electron chi connectivity index (χ0n) is 19.3. The van der Waals surface area contributed by atoms with E-state index < -0.39 is 12.3 Å². The highest BCUT2D eigenvalue weighted by atomic mass is 16.7. The third-order valence-electron chi connectivity index (χ3n) is 4.66. The maximum absolute atomic E-state index is 10.9. The van der Waals surface area contributed by atoms with Gasteiger partial charge in [-0.25, -0.2) is 4.79 Å². The van der Waals surface area contributed by atoms with Crippen LogP contribution in [0, 0.1) is 0 Å². The van der Waals surface area contributed by atoms with Crippen molar-refractivity contribution in [1.29, 1.82) is 0 Å². The van der Waals surface area contributed by atoms with Gasteiger partial charge in [0.1, 0.15) is 30.5 Å². The van der Waals surface area contributed by atoms with Crippen molar-refractivity contribution in [2.24, 2.45) is 0 Å². The molecule has 0 aliphatic carbocycles. The first kappa shape index (κ1) is 25.1. The van der Waals surface area contributed by atoms with E-state index in [2.05, 4.69) is 6.58 Å². The molecule has 0 saturated carbocycles. The number of carbonyl (C=O) groups is 1. The minimum atomic E-state index is -0.457. The molecule has 0 N–H and O–H groups in total. The number of ether oxygens (including phenoxy) is 6. The maximum atomic E-state index is 10.9. The van der Waals surface area contributed by atoms with Crippen LogP contribution in [0.3, 0.4) is 0 Å². The molecule has 7 heteroatoms. The molecule has 3 aromatic rings. The summed E-state index contributed by atoms with van der Waals surface area (Å²) in [4.78, 5) is 10.9. The van der Waals surface area contributed by atoms with Gasteiger partial charge in [0.25, 0.3) is 0 Å². The molecular formula is C27H30O7. The Balaban J connectivity index is 1.38. The quantitative estimate of drug-likeness (QED) is 0.138. The highest BCUT2D eigenvalue weighted by molar-refractivity contribution is 5.89. The first-order valence-electron chi connectivity index (χ1n) is 11.1. The van der Waals surface area contributed by atoms with Gasteiger partial charge in [0.15, 0.2) is 0 Å². The van der Waals surface area contributed by atoms with Crippen LogP contribution in [0.15, 0.2) is 79.4 Å². The molecule has 3 rings (SSSR count). The van der Waals surface area contributed by atoms with Crippen molar-refractivity contribution in [3.05, 3.63) is 79.4 Å². The Bertz CT molecular complexity index is 1040. The van der Waals surface area contributed by atoms with E-state index in [9.17, 15) is 4.79 Å². The van der Waals surface area contributed by atoms with Crippen LogP contribution in [0.4, 0.5) is 0 Å². The second kappa shape index (κ2) is 13.9. The van der Waals surface area contributed by atoms with E-state index in [0.29, 0.717) is 33.0 Å². The molecule has 0 amide bonds. The standard InChI is InChI=1S/C27H30O7/c1-3-27(28)32-19-17-30-15-14-29-16-18-31-24-12-13-25-22(20-24)8-7-11-26(25)34-21(2)33-23-9-5-4-6-10-23/h3-13,20-21H,1,14-19H2,2H3. The van der Waals surface area contributed by atoms with Gasteiger partial charge in [-0.3, -0.25) is 0 Å². The molecule has 0 radical (unpaired) electrons. The Hall–Kier alpha value is -3.55. The maximum Gasteiger partial charge on any atom is 0.330 e. The number of para-hydroxylation sites is 1. The van der Waals surface area contributed by atoms with Crippen molar-refractivity contribution >= 4 is 16.7 Å². The molecule has 34 heavy (non-hydrogen) atoms. The summed E-state index contributed by atoms with van der Waals surface area (Å²) in [6.45, 7) is 7.40. The molecular weight excluding hydrogens is 436 g/mol. The largest absolute Gasteiger partial charge is 0.491 e. The van der Waals surface area contributed by atoms with Gasteiger partial charge in [-0.05, 0) is 41.8 Å². The van der Waals surface area contributed by atoms with Gasteiger partial charge in [-0.15, -0.1) is 0 Å². The van der Waals surface area contributed by atoms with Crippen LogP contribution in [-0.4, -0.2) is 51.9 Å². The van der Waals surface area contributed by atoms with Crippen LogP contribution in [-0.2, 0) is 19.0 Å². The Kier molecular flexibility index (Phi) is 10.2. The van der Waals surface area contributed by atoms with Crippen molar-refractivity contribution in [2.75, 3.05) is 39.6 Å².